The molecule has 2 aromatic rings. The average Bonchev–Trinajstić information content (AvgIpc) is 2.74. The van der Waals surface area contributed by atoms with Gasteiger partial charge in [-0.05, 0) is 28.8 Å². The Labute approximate surface area is 178 Å². The van der Waals surface area contributed by atoms with Gasteiger partial charge >= 0.3 is 0 Å². The first-order chi connectivity index (χ1) is 14.4. The molecule has 1 atom stereocenters. The molecule has 1 unspecified atom stereocenters. The number of amides is 1. The molecular formula is C22H31N3O4S. The zero-order chi connectivity index (χ0) is 21.6. The zero-order valence-electron chi connectivity index (χ0n) is 17.6. The van der Waals surface area contributed by atoms with Crippen LogP contribution in [0.2, 0.25) is 0 Å². The molecule has 0 radical (unpaired) electrons. The average molecular weight is 434 g/mol. The Bertz CT molecular complexity index is 956. The van der Waals surface area contributed by atoms with Crippen LogP contribution in [0.1, 0.15) is 20.3 Å². The molecule has 1 saturated heterocycles. The summed E-state index contributed by atoms with van der Waals surface area (Å²) in [5, 5.41) is 4.80. The van der Waals surface area contributed by atoms with Crippen LogP contribution >= 0.6 is 0 Å². The first-order valence-corrected chi connectivity index (χ1v) is 11.9. The number of hydrogen-bond acceptors (Lipinski definition) is 5. The SMILES string of the molecule is CC(C)C(CNC(=O)CCNS(=O)(=O)c1ccc2ccccc2c1)N1CCOCC1. The maximum Gasteiger partial charge on any atom is 0.240 e. The molecule has 7 nitrogen and oxygen atoms in total. The van der Waals surface area contributed by atoms with Gasteiger partial charge in [0.1, 0.15) is 0 Å². The molecule has 0 bridgehead atoms. The van der Waals surface area contributed by atoms with Crippen LogP contribution in [0.4, 0.5) is 0 Å². The van der Waals surface area contributed by atoms with Crippen LogP contribution in [0.3, 0.4) is 0 Å². The summed E-state index contributed by atoms with van der Waals surface area (Å²) in [6.45, 7) is 8.06. The second-order valence-electron chi connectivity index (χ2n) is 7.92. The Balaban J connectivity index is 1.49. The third-order valence-corrected chi connectivity index (χ3v) is 6.93. The van der Waals surface area contributed by atoms with Gasteiger partial charge in [-0.1, -0.05) is 44.2 Å². The molecule has 8 heteroatoms. The van der Waals surface area contributed by atoms with Crippen molar-refractivity contribution >= 4 is 26.7 Å². The summed E-state index contributed by atoms with van der Waals surface area (Å²) in [4.78, 5) is 14.8. The summed E-state index contributed by atoms with van der Waals surface area (Å²) in [5.74, 6) is 0.241. The minimum atomic E-state index is -3.66. The van der Waals surface area contributed by atoms with Crippen LogP contribution in [-0.2, 0) is 19.6 Å². The van der Waals surface area contributed by atoms with Crippen LogP contribution in [0, 0.1) is 5.92 Å². The van der Waals surface area contributed by atoms with Crippen LogP contribution in [0.25, 0.3) is 10.8 Å². The molecule has 2 N–H and O–H groups in total. The van der Waals surface area contributed by atoms with Gasteiger partial charge in [0.2, 0.25) is 15.9 Å². The molecule has 164 valence electrons. The first-order valence-electron chi connectivity index (χ1n) is 10.4. The van der Waals surface area contributed by atoms with Gasteiger partial charge in [0.05, 0.1) is 18.1 Å². The van der Waals surface area contributed by atoms with E-state index in [-0.39, 0.29) is 29.8 Å². The van der Waals surface area contributed by atoms with Crippen molar-refractivity contribution in [3.63, 3.8) is 0 Å². The molecule has 3 rings (SSSR count). The topological polar surface area (TPSA) is 87.7 Å². The fourth-order valence-corrected chi connectivity index (χ4v) is 4.79. The number of ether oxygens (including phenoxy) is 1. The Morgan fingerprint density at radius 1 is 1.10 bits per heavy atom. The van der Waals surface area contributed by atoms with Gasteiger partial charge in [-0.3, -0.25) is 9.69 Å². The van der Waals surface area contributed by atoms with E-state index in [4.69, 9.17) is 4.74 Å². The van der Waals surface area contributed by atoms with E-state index in [0.717, 1.165) is 23.9 Å². The number of morpholine rings is 1. The summed E-state index contributed by atoms with van der Waals surface area (Å²) < 4.78 is 33.1. The molecule has 30 heavy (non-hydrogen) atoms. The van der Waals surface area contributed by atoms with Gasteiger partial charge in [0.25, 0.3) is 0 Å². The largest absolute Gasteiger partial charge is 0.379 e. The lowest BCUT2D eigenvalue weighted by Crippen LogP contribution is -2.51. The fourth-order valence-electron chi connectivity index (χ4n) is 3.72. The number of carbonyl (C=O) groups excluding carboxylic acids is 1. The van der Waals surface area contributed by atoms with E-state index in [0.29, 0.717) is 25.7 Å². The summed E-state index contributed by atoms with van der Waals surface area (Å²) in [6.07, 6.45) is 0.0980. The minimum absolute atomic E-state index is 0.0604. The maximum atomic E-state index is 12.6. The highest BCUT2D eigenvalue weighted by Gasteiger charge is 2.24. The molecular weight excluding hydrogens is 402 g/mol. The van der Waals surface area contributed by atoms with E-state index >= 15 is 0 Å². The van der Waals surface area contributed by atoms with Gasteiger partial charge in [-0.25, -0.2) is 13.1 Å². The lowest BCUT2D eigenvalue weighted by Gasteiger charge is -2.36. The van der Waals surface area contributed by atoms with Crippen molar-refractivity contribution in [1.82, 2.24) is 14.9 Å². The standard InChI is InChI=1S/C22H31N3O4S/c1-17(2)21(25-11-13-29-14-12-25)16-23-22(26)9-10-24-30(27,28)20-8-7-18-5-3-4-6-19(18)15-20/h3-8,15,17,21,24H,9-14,16H2,1-2H3,(H,23,26). The summed E-state index contributed by atoms with van der Waals surface area (Å²) >= 11 is 0. The Hall–Kier alpha value is -2.00. The number of nitrogens with one attached hydrogen (secondary N) is 2. The molecule has 0 aromatic heterocycles. The van der Waals surface area contributed by atoms with E-state index in [9.17, 15) is 13.2 Å². The molecule has 1 aliphatic heterocycles. The second kappa shape index (κ2) is 10.3. The Morgan fingerprint density at radius 3 is 2.50 bits per heavy atom. The fraction of sp³-hybridized carbons (Fsp3) is 0.500. The third kappa shape index (κ3) is 6.01. The number of nitrogens with zero attached hydrogens (tertiary/aromatic N) is 1. The molecule has 1 aliphatic rings. The lowest BCUT2D eigenvalue weighted by atomic mass is 10.0. The van der Waals surface area contributed by atoms with Crippen molar-refractivity contribution in [2.24, 2.45) is 5.92 Å². The number of rotatable bonds is 9. The van der Waals surface area contributed by atoms with E-state index in [1.54, 1.807) is 18.2 Å². The Kier molecular flexibility index (Phi) is 7.82. The molecule has 1 heterocycles. The molecule has 0 aliphatic carbocycles. The van der Waals surface area contributed by atoms with E-state index < -0.39 is 10.0 Å². The molecule has 0 spiro atoms. The highest BCUT2D eigenvalue weighted by Crippen LogP contribution is 2.18. The Morgan fingerprint density at radius 2 is 1.80 bits per heavy atom. The number of benzene rings is 2. The second-order valence-corrected chi connectivity index (χ2v) is 9.69. The summed E-state index contributed by atoms with van der Waals surface area (Å²) in [7, 11) is -3.66. The van der Waals surface area contributed by atoms with Gasteiger partial charge in [0, 0.05) is 38.6 Å². The lowest BCUT2D eigenvalue weighted by molar-refractivity contribution is -0.121. The van der Waals surface area contributed by atoms with Crippen molar-refractivity contribution in [3.8, 4) is 0 Å². The van der Waals surface area contributed by atoms with Gasteiger partial charge in [-0.2, -0.15) is 0 Å². The van der Waals surface area contributed by atoms with Crippen molar-refractivity contribution in [3.05, 3.63) is 42.5 Å². The normalized spacial score (nSPS) is 16.6. The quantitative estimate of drug-likeness (QED) is 0.631. The van der Waals surface area contributed by atoms with Gasteiger partial charge in [-0.15, -0.1) is 0 Å². The highest BCUT2D eigenvalue weighted by molar-refractivity contribution is 7.89. The maximum absolute atomic E-state index is 12.6. The third-order valence-electron chi connectivity index (χ3n) is 5.47. The van der Waals surface area contributed by atoms with Crippen LogP contribution in [-0.4, -0.2) is 64.7 Å². The molecule has 1 amide bonds. The first kappa shape index (κ1) is 22.7. The van der Waals surface area contributed by atoms with Crippen molar-refractivity contribution in [2.45, 2.75) is 31.2 Å². The highest BCUT2D eigenvalue weighted by atomic mass is 32.2. The van der Waals surface area contributed by atoms with Crippen molar-refractivity contribution in [2.75, 3.05) is 39.4 Å². The number of fused-ring (bicyclic) bond motifs is 1. The van der Waals surface area contributed by atoms with E-state index in [1.165, 1.54) is 0 Å². The summed E-state index contributed by atoms with van der Waals surface area (Å²) in [5.41, 5.74) is 0. The van der Waals surface area contributed by atoms with Crippen molar-refractivity contribution in [1.29, 1.82) is 0 Å². The molecule has 0 saturated carbocycles. The van der Waals surface area contributed by atoms with Crippen LogP contribution in [0.5, 0.6) is 0 Å². The zero-order valence-corrected chi connectivity index (χ0v) is 18.5. The monoisotopic (exact) mass is 433 g/mol. The predicted octanol–water partition coefficient (Wildman–Crippen LogP) is 1.98. The van der Waals surface area contributed by atoms with Gasteiger partial charge < -0.3 is 10.1 Å². The summed E-state index contributed by atoms with van der Waals surface area (Å²) in [6, 6.07) is 12.9. The van der Waals surface area contributed by atoms with Crippen LogP contribution < -0.4 is 10.0 Å². The van der Waals surface area contributed by atoms with Crippen LogP contribution in [0.15, 0.2) is 47.4 Å². The van der Waals surface area contributed by atoms with Gasteiger partial charge in [0.15, 0.2) is 0 Å². The number of hydrogen-bond donors (Lipinski definition) is 2. The number of sulfonamides is 1. The number of carbonyl (C=O) groups is 1. The van der Waals surface area contributed by atoms with Crippen molar-refractivity contribution < 1.29 is 17.9 Å². The molecule has 2 aromatic carbocycles. The smallest absolute Gasteiger partial charge is 0.240 e. The molecule has 1 fully saturated rings. The van der Waals surface area contributed by atoms with E-state index in [1.807, 2.05) is 24.3 Å². The minimum Gasteiger partial charge on any atom is -0.379 e. The van der Waals surface area contributed by atoms with E-state index in [2.05, 4.69) is 28.8 Å². The predicted molar refractivity (Wildman–Crippen MR) is 118 cm³/mol.